The van der Waals surface area contributed by atoms with Gasteiger partial charge in [0.15, 0.2) is 0 Å². The summed E-state index contributed by atoms with van der Waals surface area (Å²) in [6.07, 6.45) is 1.11. The summed E-state index contributed by atoms with van der Waals surface area (Å²) in [5.74, 6) is 0. The summed E-state index contributed by atoms with van der Waals surface area (Å²) in [5, 5.41) is 0. The molecular weight excluding hydrogens is 212 g/mol. The molecule has 3 heterocycles. The number of rotatable bonds is 2. The average Bonchev–Trinajstić information content (AvgIpc) is 2.25. The number of hydrogen-bond donors (Lipinski definition) is 0. The van der Waals surface area contributed by atoms with Crippen LogP contribution >= 0.6 is 0 Å². The molecule has 0 unspecified atom stereocenters. The molecule has 3 heteroatoms. The van der Waals surface area contributed by atoms with E-state index in [1.807, 2.05) is 6.92 Å². The smallest absolute Gasteiger partial charge is 0.0657 e. The van der Waals surface area contributed by atoms with E-state index in [-0.39, 0.29) is 0 Å². The van der Waals surface area contributed by atoms with Crippen LogP contribution in [0.1, 0.15) is 23.9 Å². The van der Waals surface area contributed by atoms with Gasteiger partial charge in [-0.3, -0.25) is 9.88 Å². The second kappa shape index (κ2) is 4.24. The summed E-state index contributed by atoms with van der Waals surface area (Å²) < 4.78 is 5.26. The molecule has 2 aliphatic rings. The van der Waals surface area contributed by atoms with Gasteiger partial charge in [-0.2, -0.15) is 0 Å². The van der Waals surface area contributed by atoms with E-state index in [9.17, 15) is 0 Å². The van der Waals surface area contributed by atoms with Crippen molar-refractivity contribution in [2.75, 3.05) is 19.8 Å². The first-order valence-electron chi connectivity index (χ1n) is 6.20. The van der Waals surface area contributed by atoms with Gasteiger partial charge in [0, 0.05) is 13.1 Å². The lowest BCUT2D eigenvalue weighted by atomic mass is 10.0. The number of allylic oxidation sites excluding steroid dienone is 1. The van der Waals surface area contributed by atoms with E-state index in [1.165, 1.54) is 11.3 Å². The summed E-state index contributed by atoms with van der Waals surface area (Å²) in [6, 6.07) is 4.91. The SMILES string of the molecule is C=C(C)c1ccc2c(n1)CN(C1COC1)CC2. The molecule has 0 saturated carbocycles. The van der Waals surface area contributed by atoms with Gasteiger partial charge in [-0.1, -0.05) is 12.6 Å². The highest BCUT2D eigenvalue weighted by Gasteiger charge is 2.29. The lowest BCUT2D eigenvalue weighted by Crippen LogP contribution is -2.50. The van der Waals surface area contributed by atoms with Crippen LogP contribution in [0.15, 0.2) is 18.7 Å². The number of pyridine rings is 1. The second-order valence-corrected chi connectivity index (χ2v) is 4.99. The van der Waals surface area contributed by atoms with Gasteiger partial charge in [-0.15, -0.1) is 0 Å². The Kier molecular flexibility index (Phi) is 2.73. The van der Waals surface area contributed by atoms with Crippen LogP contribution in [0.25, 0.3) is 5.57 Å². The highest BCUT2D eigenvalue weighted by Crippen LogP contribution is 2.23. The third-order valence-corrected chi connectivity index (χ3v) is 3.66. The number of fused-ring (bicyclic) bond motifs is 1. The molecule has 3 rings (SSSR count). The molecule has 2 aliphatic heterocycles. The third-order valence-electron chi connectivity index (χ3n) is 3.66. The van der Waals surface area contributed by atoms with Crippen molar-refractivity contribution in [3.05, 3.63) is 35.7 Å². The molecule has 0 spiro atoms. The van der Waals surface area contributed by atoms with Crippen molar-refractivity contribution in [3.8, 4) is 0 Å². The molecule has 90 valence electrons. The summed E-state index contributed by atoms with van der Waals surface area (Å²) in [4.78, 5) is 7.21. The standard InChI is InChI=1S/C14H18N2O/c1-10(2)13-4-3-11-5-6-16(7-14(11)15-13)12-8-17-9-12/h3-4,12H,1,5-9H2,2H3. The van der Waals surface area contributed by atoms with Crippen LogP contribution in [0.4, 0.5) is 0 Å². The Morgan fingerprint density at radius 1 is 1.47 bits per heavy atom. The van der Waals surface area contributed by atoms with E-state index in [1.54, 1.807) is 0 Å². The van der Waals surface area contributed by atoms with Crippen molar-refractivity contribution in [2.24, 2.45) is 0 Å². The zero-order chi connectivity index (χ0) is 11.8. The quantitative estimate of drug-likeness (QED) is 0.775. The molecular formula is C14H18N2O. The topological polar surface area (TPSA) is 25.4 Å². The van der Waals surface area contributed by atoms with Crippen molar-refractivity contribution in [1.29, 1.82) is 0 Å². The molecule has 1 aromatic rings. The van der Waals surface area contributed by atoms with Crippen LogP contribution in [-0.2, 0) is 17.7 Å². The van der Waals surface area contributed by atoms with E-state index >= 15 is 0 Å². The first-order chi connectivity index (χ1) is 8.24. The minimum atomic E-state index is 0.610. The second-order valence-electron chi connectivity index (χ2n) is 4.99. The highest BCUT2D eigenvalue weighted by molar-refractivity contribution is 5.58. The largest absolute Gasteiger partial charge is 0.378 e. The Morgan fingerprint density at radius 2 is 2.29 bits per heavy atom. The average molecular weight is 230 g/mol. The van der Waals surface area contributed by atoms with Gasteiger partial charge in [0.1, 0.15) is 0 Å². The Morgan fingerprint density at radius 3 is 2.94 bits per heavy atom. The molecule has 1 saturated heterocycles. The Bertz CT molecular complexity index is 452. The lowest BCUT2D eigenvalue weighted by Gasteiger charge is -2.39. The molecule has 0 atom stereocenters. The lowest BCUT2D eigenvalue weighted by molar-refractivity contribution is -0.0699. The fraction of sp³-hybridized carbons (Fsp3) is 0.500. The molecule has 1 aromatic heterocycles. The Balaban J connectivity index is 1.83. The van der Waals surface area contributed by atoms with E-state index in [0.29, 0.717) is 6.04 Å². The molecule has 0 aromatic carbocycles. The molecule has 1 fully saturated rings. The van der Waals surface area contributed by atoms with Gasteiger partial charge in [0.05, 0.1) is 30.6 Å². The molecule has 3 nitrogen and oxygen atoms in total. The van der Waals surface area contributed by atoms with Gasteiger partial charge in [-0.05, 0) is 30.5 Å². The van der Waals surface area contributed by atoms with Crippen molar-refractivity contribution < 1.29 is 4.74 Å². The minimum absolute atomic E-state index is 0.610. The normalized spacial score (nSPS) is 20.8. The number of hydrogen-bond acceptors (Lipinski definition) is 3. The highest BCUT2D eigenvalue weighted by atomic mass is 16.5. The maximum Gasteiger partial charge on any atom is 0.0657 e. The van der Waals surface area contributed by atoms with Gasteiger partial charge < -0.3 is 4.74 Å². The van der Waals surface area contributed by atoms with E-state index in [2.05, 4.69) is 23.6 Å². The van der Waals surface area contributed by atoms with Crippen molar-refractivity contribution in [3.63, 3.8) is 0 Å². The van der Waals surface area contributed by atoms with Crippen LogP contribution in [0, 0.1) is 0 Å². The van der Waals surface area contributed by atoms with E-state index in [0.717, 1.165) is 44.0 Å². The molecule has 0 N–H and O–H groups in total. The van der Waals surface area contributed by atoms with Gasteiger partial charge in [-0.25, -0.2) is 0 Å². The van der Waals surface area contributed by atoms with Crippen LogP contribution < -0.4 is 0 Å². The number of ether oxygens (including phenoxy) is 1. The maximum absolute atomic E-state index is 5.26. The minimum Gasteiger partial charge on any atom is -0.378 e. The zero-order valence-electron chi connectivity index (χ0n) is 10.3. The summed E-state index contributed by atoms with van der Waals surface area (Å²) in [5.41, 5.74) is 4.68. The van der Waals surface area contributed by atoms with Crippen molar-refractivity contribution in [1.82, 2.24) is 9.88 Å². The van der Waals surface area contributed by atoms with Crippen LogP contribution in [0.5, 0.6) is 0 Å². The maximum atomic E-state index is 5.26. The van der Waals surface area contributed by atoms with Crippen molar-refractivity contribution >= 4 is 5.57 Å². The van der Waals surface area contributed by atoms with Gasteiger partial charge in [0.25, 0.3) is 0 Å². The Labute approximate surface area is 102 Å². The first-order valence-corrected chi connectivity index (χ1v) is 6.20. The first kappa shape index (κ1) is 10.9. The summed E-state index contributed by atoms with van der Waals surface area (Å²) in [6.45, 7) is 9.83. The monoisotopic (exact) mass is 230 g/mol. The van der Waals surface area contributed by atoms with Gasteiger partial charge >= 0.3 is 0 Å². The van der Waals surface area contributed by atoms with Crippen LogP contribution in [0.3, 0.4) is 0 Å². The predicted molar refractivity (Wildman–Crippen MR) is 67.7 cm³/mol. The number of nitrogens with zero attached hydrogens (tertiary/aromatic N) is 2. The van der Waals surface area contributed by atoms with E-state index < -0.39 is 0 Å². The molecule has 0 bridgehead atoms. The van der Waals surface area contributed by atoms with Crippen molar-refractivity contribution in [2.45, 2.75) is 25.9 Å². The molecule has 0 amide bonds. The zero-order valence-corrected chi connectivity index (χ0v) is 10.3. The molecule has 17 heavy (non-hydrogen) atoms. The fourth-order valence-electron chi connectivity index (χ4n) is 2.41. The third kappa shape index (κ3) is 2.01. The van der Waals surface area contributed by atoms with E-state index in [4.69, 9.17) is 9.72 Å². The summed E-state index contributed by atoms with van der Waals surface area (Å²) >= 11 is 0. The number of aromatic nitrogens is 1. The predicted octanol–water partition coefficient (Wildman–Crippen LogP) is 1.87. The fourth-order valence-corrected chi connectivity index (χ4v) is 2.41. The Hall–Kier alpha value is -1.19. The molecule has 0 radical (unpaired) electrons. The van der Waals surface area contributed by atoms with Gasteiger partial charge in [0.2, 0.25) is 0 Å². The van der Waals surface area contributed by atoms with Crippen LogP contribution in [0.2, 0.25) is 0 Å². The van der Waals surface area contributed by atoms with Crippen LogP contribution in [-0.4, -0.2) is 35.7 Å². The summed E-state index contributed by atoms with van der Waals surface area (Å²) in [7, 11) is 0. The molecule has 0 aliphatic carbocycles.